The maximum atomic E-state index is 10.2. The van der Waals surface area contributed by atoms with Crippen molar-refractivity contribution in [1.29, 1.82) is 0 Å². The van der Waals surface area contributed by atoms with Crippen LogP contribution in [0.3, 0.4) is 0 Å². The zero-order chi connectivity index (χ0) is 9.02. The molecule has 66 valence electrons. The van der Waals surface area contributed by atoms with Crippen LogP contribution in [0.1, 0.15) is 6.42 Å². The molecule has 0 spiro atoms. The van der Waals surface area contributed by atoms with Crippen LogP contribution in [0.15, 0.2) is 0 Å². The second kappa shape index (κ2) is 9.39. The van der Waals surface area contributed by atoms with Crippen LogP contribution in [0.25, 0.3) is 0 Å². The third-order valence-electron chi connectivity index (χ3n) is 1.02. The summed E-state index contributed by atoms with van der Waals surface area (Å²) in [7, 11) is 0. The van der Waals surface area contributed by atoms with E-state index in [-0.39, 0.29) is 44.1 Å². The van der Waals surface area contributed by atoms with Gasteiger partial charge in [-0.05, 0) is 6.42 Å². The Morgan fingerprint density at radius 2 is 1.23 bits per heavy atom. The fraction of sp³-hybridized carbons (Fsp3) is 0.600. The Morgan fingerprint density at radius 3 is 1.38 bits per heavy atom. The van der Waals surface area contributed by atoms with E-state index in [1.165, 1.54) is 0 Å². The van der Waals surface area contributed by atoms with E-state index in [0.717, 1.165) is 0 Å². The van der Waals surface area contributed by atoms with Crippen molar-refractivity contribution in [3.8, 4) is 0 Å². The van der Waals surface area contributed by atoms with Crippen molar-refractivity contribution in [2.45, 2.75) is 16.9 Å². The summed E-state index contributed by atoms with van der Waals surface area (Å²) < 4.78 is 0. The van der Waals surface area contributed by atoms with E-state index in [4.69, 9.17) is 10.2 Å². The van der Waals surface area contributed by atoms with E-state index in [1.54, 1.807) is 0 Å². The molecule has 2 atom stereocenters. The molecular weight excluding hydrogens is 202 g/mol. The van der Waals surface area contributed by atoms with Gasteiger partial charge in [0.2, 0.25) is 0 Å². The van der Waals surface area contributed by atoms with Crippen molar-refractivity contribution in [2.24, 2.45) is 0 Å². The molecule has 0 aliphatic rings. The van der Waals surface area contributed by atoms with Crippen LogP contribution >= 0.6 is 25.3 Å². The van der Waals surface area contributed by atoms with Gasteiger partial charge in [0.25, 0.3) is 0 Å². The Labute approximate surface area is 111 Å². The minimum Gasteiger partial charge on any atom is -0.480 e. The number of hydrogen-bond donors (Lipinski definition) is 4. The zero-order valence-electron chi connectivity index (χ0n) is 7.47. The van der Waals surface area contributed by atoms with Crippen molar-refractivity contribution in [3.05, 3.63) is 0 Å². The van der Waals surface area contributed by atoms with Crippen LogP contribution in [-0.4, -0.2) is 70.4 Å². The first-order chi connectivity index (χ1) is 4.95. The molecule has 13 heavy (non-hydrogen) atoms. The predicted molar refractivity (Wildman–Crippen MR) is 56.9 cm³/mol. The maximum absolute atomic E-state index is 10.2. The van der Waals surface area contributed by atoms with Gasteiger partial charge in [0, 0.05) is 37.7 Å². The molecule has 0 aliphatic heterocycles. The molecule has 0 aliphatic carbocycles. The standard InChI is InChI=1S/C5H8O4S2.2Li/c6-4(7)2(10)1-3(11)5(8)9;;/h2-3,10-11H,1H2,(H,6,7)(H,8,9);;. The molecule has 0 aromatic heterocycles. The molecule has 0 aromatic rings. The number of carboxylic acid groups (broad SMARTS) is 2. The van der Waals surface area contributed by atoms with Gasteiger partial charge in [0.15, 0.2) is 0 Å². The molecule has 8 heteroatoms. The fourth-order valence-corrected chi connectivity index (χ4v) is 1.00. The molecule has 4 nitrogen and oxygen atoms in total. The largest absolute Gasteiger partial charge is 0.480 e. The van der Waals surface area contributed by atoms with Gasteiger partial charge in [0.1, 0.15) is 10.5 Å². The fourth-order valence-electron chi connectivity index (χ4n) is 0.413. The molecule has 0 bridgehead atoms. The molecule has 2 unspecified atom stereocenters. The van der Waals surface area contributed by atoms with E-state index in [2.05, 4.69) is 25.3 Å². The summed E-state index contributed by atoms with van der Waals surface area (Å²) in [6.07, 6.45) is -0.0864. The molecule has 2 radical (unpaired) electrons. The molecule has 0 amide bonds. The number of aliphatic carboxylic acids is 2. The van der Waals surface area contributed by atoms with Gasteiger partial charge in [0.05, 0.1) is 0 Å². The van der Waals surface area contributed by atoms with E-state index in [0.29, 0.717) is 0 Å². The SMILES string of the molecule is O=C(O)C(S)CC(S)C(=O)O.[Li].[Li]. The second-order valence-corrected chi connectivity index (χ2v) is 3.19. The third kappa shape index (κ3) is 9.15. The van der Waals surface area contributed by atoms with Crippen LogP contribution in [0.2, 0.25) is 0 Å². The quantitative estimate of drug-likeness (QED) is 0.368. The molecule has 0 aromatic carbocycles. The van der Waals surface area contributed by atoms with E-state index < -0.39 is 22.4 Å². The molecule has 0 rings (SSSR count). The molecule has 0 saturated carbocycles. The number of carboxylic acids is 2. The minimum atomic E-state index is -1.13. The Bertz CT molecular complexity index is 160. The number of rotatable bonds is 4. The summed E-state index contributed by atoms with van der Waals surface area (Å²) in [6, 6.07) is 0. The normalized spacial score (nSPS) is 13.1. The van der Waals surface area contributed by atoms with Gasteiger partial charge in [-0.25, -0.2) is 0 Å². The van der Waals surface area contributed by atoms with Crippen LogP contribution in [0, 0.1) is 0 Å². The van der Waals surface area contributed by atoms with Gasteiger partial charge >= 0.3 is 11.9 Å². The first-order valence-corrected chi connectivity index (χ1v) is 3.80. The third-order valence-corrected chi connectivity index (χ3v) is 1.88. The van der Waals surface area contributed by atoms with Gasteiger partial charge < -0.3 is 10.2 Å². The van der Waals surface area contributed by atoms with Crippen molar-refractivity contribution in [3.63, 3.8) is 0 Å². The van der Waals surface area contributed by atoms with Crippen molar-refractivity contribution < 1.29 is 19.8 Å². The zero-order valence-corrected chi connectivity index (χ0v) is 9.26. The average Bonchev–Trinajstić information content (AvgIpc) is 1.87. The van der Waals surface area contributed by atoms with E-state index in [1.807, 2.05) is 0 Å². The molecule has 0 heterocycles. The van der Waals surface area contributed by atoms with Gasteiger partial charge in [-0.15, -0.1) is 0 Å². The topological polar surface area (TPSA) is 74.6 Å². The summed E-state index contributed by atoms with van der Waals surface area (Å²) in [6.45, 7) is 0. The Kier molecular flexibility index (Phi) is 14.0. The summed E-state index contributed by atoms with van der Waals surface area (Å²) in [4.78, 5) is 20.3. The Morgan fingerprint density at radius 1 is 1.00 bits per heavy atom. The number of carbonyl (C=O) groups is 2. The van der Waals surface area contributed by atoms with E-state index in [9.17, 15) is 9.59 Å². The first-order valence-electron chi connectivity index (χ1n) is 2.77. The van der Waals surface area contributed by atoms with Gasteiger partial charge in [-0.1, -0.05) is 0 Å². The van der Waals surface area contributed by atoms with Gasteiger partial charge in [-0.3, -0.25) is 9.59 Å². The monoisotopic (exact) mass is 210 g/mol. The summed E-state index contributed by atoms with van der Waals surface area (Å²) in [5.74, 6) is -2.26. The van der Waals surface area contributed by atoms with Crippen LogP contribution in [0.4, 0.5) is 0 Å². The van der Waals surface area contributed by atoms with Crippen molar-refractivity contribution in [2.75, 3.05) is 0 Å². The van der Waals surface area contributed by atoms with Crippen molar-refractivity contribution >= 4 is 74.9 Å². The summed E-state index contributed by atoms with van der Waals surface area (Å²) in [5, 5.41) is 14.7. The Hall–Kier alpha value is 0.835. The van der Waals surface area contributed by atoms with Crippen molar-refractivity contribution in [1.82, 2.24) is 0 Å². The smallest absolute Gasteiger partial charge is 0.316 e. The van der Waals surface area contributed by atoms with E-state index >= 15 is 0 Å². The second-order valence-electron chi connectivity index (χ2n) is 1.94. The summed E-state index contributed by atoms with van der Waals surface area (Å²) in [5.41, 5.74) is 0. The molecule has 0 fully saturated rings. The number of hydrogen-bond acceptors (Lipinski definition) is 4. The molecule has 0 saturated heterocycles. The van der Waals surface area contributed by atoms with Gasteiger partial charge in [-0.2, -0.15) is 25.3 Å². The Balaban J connectivity index is -0.000000500. The average molecular weight is 210 g/mol. The van der Waals surface area contributed by atoms with Crippen LogP contribution in [0.5, 0.6) is 0 Å². The molecular formula is C5H8Li2O4S2. The van der Waals surface area contributed by atoms with Crippen LogP contribution < -0.4 is 0 Å². The predicted octanol–water partition coefficient (Wildman–Crippen LogP) is -0.619. The minimum absolute atomic E-state index is 0. The van der Waals surface area contributed by atoms with Crippen LogP contribution in [-0.2, 0) is 9.59 Å². The summed E-state index contributed by atoms with van der Waals surface area (Å²) >= 11 is 7.29. The first kappa shape index (κ1) is 19.4. The molecule has 2 N–H and O–H groups in total. The number of thiol groups is 2. The maximum Gasteiger partial charge on any atom is 0.316 e.